The average molecular weight is 318 g/mol. The Hall–Kier alpha value is -0.540. The molecule has 0 fully saturated rings. The van der Waals surface area contributed by atoms with Crippen LogP contribution in [0.1, 0.15) is 5.56 Å². The number of benzene rings is 1. The highest BCUT2D eigenvalue weighted by Crippen LogP contribution is 2.33. The third-order valence-corrected chi connectivity index (χ3v) is 2.65. The van der Waals surface area contributed by atoms with E-state index in [1.54, 1.807) is 12.2 Å². The molecule has 1 rings (SSSR count). The van der Waals surface area contributed by atoms with Crippen molar-refractivity contribution >= 4 is 37.9 Å². The first-order chi connectivity index (χ1) is 6.69. The van der Waals surface area contributed by atoms with E-state index >= 15 is 0 Å². The molecule has 0 aliphatic carbocycles. The molecule has 0 aliphatic heterocycles. The lowest BCUT2D eigenvalue weighted by molar-refractivity contribution is 0.360. The van der Waals surface area contributed by atoms with Gasteiger partial charge in [-0.15, -0.1) is 0 Å². The molecule has 0 saturated heterocycles. The van der Waals surface area contributed by atoms with E-state index in [2.05, 4.69) is 45.0 Å². The lowest BCUT2D eigenvalue weighted by Gasteiger charge is -2.10. The van der Waals surface area contributed by atoms with Gasteiger partial charge in [0, 0.05) is 10.0 Å². The van der Waals surface area contributed by atoms with E-state index in [4.69, 9.17) is 4.74 Å². The molecule has 0 atom stereocenters. The highest BCUT2D eigenvalue weighted by Gasteiger charge is 2.06. The summed E-state index contributed by atoms with van der Waals surface area (Å²) in [6, 6.07) is 3.89. The number of hydrogen-bond donors (Lipinski definition) is 0. The van der Waals surface area contributed by atoms with Crippen molar-refractivity contribution in [1.82, 2.24) is 0 Å². The Morgan fingerprint density at radius 1 is 1.29 bits per heavy atom. The highest BCUT2D eigenvalue weighted by molar-refractivity contribution is 9.11. The summed E-state index contributed by atoms with van der Waals surface area (Å²) >= 11 is 6.83. The van der Waals surface area contributed by atoms with Gasteiger partial charge in [-0.1, -0.05) is 41.2 Å². The number of rotatable bonds is 4. The zero-order chi connectivity index (χ0) is 10.6. The molecule has 0 spiro atoms. The van der Waals surface area contributed by atoms with E-state index < -0.39 is 0 Å². The molecule has 0 N–H and O–H groups in total. The summed E-state index contributed by atoms with van der Waals surface area (Å²) in [7, 11) is 0. The van der Waals surface area contributed by atoms with Gasteiger partial charge < -0.3 is 4.74 Å². The largest absolute Gasteiger partial charge is 0.488 e. The van der Waals surface area contributed by atoms with Gasteiger partial charge in [-0.25, -0.2) is 0 Å². The van der Waals surface area contributed by atoms with Gasteiger partial charge >= 0.3 is 0 Å². The molecule has 0 heterocycles. The van der Waals surface area contributed by atoms with Crippen LogP contribution < -0.4 is 4.74 Å². The van der Waals surface area contributed by atoms with Crippen molar-refractivity contribution < 1.29 is 4.74 Å². The molecule has 14 heavy (non-hydrogen) atoms. The van der Waals surface area contributed by atoms with Crippen molar-refractivity contribution in [2.24, 2.45) is 0 Å². The van der Waals surface area contributed by atoms with Crippen molar-refractivity contribution in [3.8, 4) is 5.75 Å². The third kappa shape index (κ3) is 2.72. The molecular formula is C11H10Br2O. The molecule has 1 aromatic rings. The molecule has 0 aromatic heterocycles. The molecule has 74 valence electrons. The molecule has 0 unspecified atom stereocenters. The topological polar surface area (TPSA) is 9.23 Å². The highest BCUT2D eigenvalue weighted by atomic mass is 79.9. The Labute approximate surface area is 101 Å². The van der Waals surface area contributed by atoms with E-state index in [1.807, 2.05) is 12.1 Å². The monoisotopic (exact) mass is 316 g/mol. The fraction of sp³-hybridized carbons (Fsp3) is 0.0909. The van der Waals surface area contributed by atoms with Gasteiger partial charge in [0.2, 0.25) is 0 Å². The Morgan fingerprint density at radius 3 is 2.57 bits per heavy atom. The van der Waals surface area contributed by atoms with Crippen LogP contribution in [-0.4, -0.2) is 6.61 Å². The maximum absolute atomic E-state index is 5.51. The Morgan fingerprint density at radius 2 is 2.00 bits per heavy atom. The van der Waals surface area contributed by atoms with Gasteiger partial charge in [0.15, 0.2) is 0 Å². The quantitative estimate of drug-likeness (QED) is 0.747. The second-order valence-electron chi connectivity index (χ2n) is 2.61. The van der Waals surface area contributed by atoms with Crippen LogP contribution in [0.4, 0.5) is 0 Å². The number of halogens is 2. The van der Waals surface area contributed by atoms with Gasteiger partial charge in [0.25, 0.3) is 0 Å². The van der Waals surface area contributed by atoms with E-state index in [1.165, 1.54) is 0 Å². The molecule has 3 heteroatoms. The summed E-state index contributed by atoms with van der Waals surface area (Å²) in [5, 5.41) is 0. The predicted molar refractivity (Wildman–Crippen MR) is 67.6 cm³/mol. The first-order valence-electron chi connectivity index (χ1n) is 4.04. The molecule has 0 saturated carbocycles. The minimum Gasteiger partial charge on any atom is -0.488 e. The van der Waals surface area contributed by atoms with Crippen molar-refractivity contribution in [2.45, 2.75) is 0 Å². The fourth-order valence-electron chi connectivity index (χ4n) is 1.03. The summed E-state index contributed by atoms with van der Waals surface area (Å²) in [4.78, 5) is 0. The second-order valence-corrected chi connectivity index (χ2v) is 4.38. The molecule has 1 aromatic carbocycles. The Kier molecular flexibility index (Phi) is 4.42. The van der Waals surface area contributed by atoms with Gasteiger partial charge in [-0.3, -0.25) is 0 Å². The van der Waals surface area contributed by atoms with E-state index in [0.717, 1.165) is 20.3 Å². The Balaban J connectivity index is 3.11. The first-order valence-corrected chi connectivity index (χ1v) is 5.62. The molecular weight excluding hydrogens is 308 g/mol. The summed E-state index contributed by atoms with van der Waals surface area (Å²) in [6.45, 7) is 7.82. The summed E-state index contributed by atoms with van der Waals surface area (Å²) in [5.41, 5.74) is 0.952. The maximum Gasteiger partial charge on any atom is 0.141 e. The standard InChI is InChI=1S/C11H10Br2O/c1-3-5-14-11-8(4-2)6-9(12)7-10(11)13/h3-4,6-7H,1-2,5H2. The smallest absolute Gasteiger partial charge is 0.141 e. The van der Waals surface area contributed by atoms with Crippen LogP contribution in [0, 0.1) is 0 Å². The Bertz CT molecular complexity index is 359. The average Bonchev–Trinajstić information content (AvgIpc) is 2.15. The second kappa shape index (κ2) is 5.37. The SMILES string of the molecule is C=CCOc1c(Br)cc(Br)cc1C=C. The van der Waals surface area contributed by atoms with Crippen LogP contribution in [0.2, 0.25) is 0 Å². The van der Waals surface area contributed by atoms with E-state index in [-0.39, 0.29) is 0 Å². The first kappa shape index (κ1) is 11.5. The van der Waals surface area contributed by atoms with Crippen molar-refractivity contribution in [1.29, 1.82) is 0 Å². The third-order valence-electron chi connectivity index (χ3n) is 1.60. The van der Waals surface area contributed by atoms with Crippen LogP contribution in [0.15, 0.2) is 40.3 Å². The van der Waals surface area contributed by atoms with Crippen LogP contribution in [0.3, 0.4) is 0 Å². The van der Waals surface area contributed by atoms with E-state index in [9.17, 15) is 0 Å². The minimum atomic E-state index is 0.487. The van der Waals surface area contributed by atoms with Crippen LogP contribution in [0.25, 0.3) is 6.08 Å². The molecule has 1 nitrogen and oxygen atoms in total. The maximum atomic E-state index is 5.51. The number of hydrogen-bond acceptors (Lipinski definition) is 1. The molecule has 0 aliphatic rings. The lowest BCUT2D eigenvalue weighted by Crippen LogP contribution is -1.96. The predicted octanol–water partition coefficient (Wildman–Crippen LogP) is 4.42. The van der Waals surface area contributed by atoms with Gasteiger partial charge in [-0.05, 0) is 28.1 Å². The van der Waals surface area contributed by atoms with Crippen LogP contribution in [0.5, 0.6) is 5.75 Å². The minimum absolute atomic E-state index is 0.487. The molecule has 0 amide bonds. The van der Waals surface area contributed by atoms with Crippen molar-refractivity contribution in [2.75, 3.05) is 6.61 Å². The van der Waals surface area contributed by atoms with Crippen molar-refractivity contribution in [3.63, 3.8) is 0 Å². The normalized spacial score (nSPS) is 9.57. The van der Waals surface area contributed by atoms with Crippen LogP contribution >= 0.6 is 31.9 Å². The summed E-state index contributed by atoms with van der Waals surface area (Å²) in [5.74, 6) is 0.795. The van der Waals surface area contributed by atoms with E-state index in [0.29, 0.717) is 6.61 Å². The van der Waals surface area contributed by atoms with Gasteiger partial charge in [-0.2, -0.15) is 0 Å². The zero-order valence-corrected chi connectivity index (χ0v) is 10.8. The van der Waals surface area contributed by atoms with Crippen molar-refractivity contribution in [3.05, 3.63) is 45.9 Å². The number of ether oxygens (including phenoxy) is 1. The lowest BCUT2D eigenvalue weighted by atomic mass is 10.2. The molecule has 0 bridgehead atoms. The van der Waals surface area contributed by atoms with Gasteiger partial charge in [0.1, 0.15) is 12.4 Å². The zero-order valence-electron chi connectivity index (χ0n) is 7.59. The molecule has 0 radical (unpaired) electrons. The van der Waals surface area contributed by atoms with Gasteiger partial charge in [0.05, 0.1) is 4.47 Å². The van der Waals surface area contributed by atoms with Crippen LogP contribution in [-0.2, 0) is 0 Å². The fourth-order valence-corrected chi connectivity index (χ4v) is 2.40. The summed E-state index contributed by atoms with van der Waals surface area (Å²) in [6.07, 6.45) is 3.47. The summed E-state index contributed by atoms with van der Waals surface area (Å²) < 4.78 is 7.40.